The van der Waals surface area contributed by atoms with Crippen molar-refractivity contribution < 1.29 is 17.9 Å². The number of sulfone groups is 1. The molecule has 2 saturated heterocycles. The van der Waals surface area contributed by atoms with Crippen molar-refractivity contribution in [3.8, 4) is 11.5 Å². The van der Waals surface area contributed by atoms with Crippen LogP contribution in [0.1, 0.15) is 13.8 Å². The molecule has 0 saturated carbocycles. The SMILES string of the molecule is CCOc1cc(Br)c(N2C(=N)S[C@@H]3CS(=O)(=O)C[C@H]32)cc1OCC. The lowest BCUT2D eigenvalue weighted by atomic mass is 10.2. The van der Waals surface area contributed by atoms with Crippen molar-refractivity contribution in [2.75, 3.05) is 29.6 Å². The fourth-order valence-electron chi connectivity index (χ4n) is 3.03. The summed E-state index contributed by atoms with van der Waals surface area (Å²) < 4.78 is 35.9. The van der Waals surface area contributed by atoms with E-state index < -0.39 is 9.84 Å². The standard InChI is InChI=1S/C15H19BrN2O4S2/c1-3-21-12-5-9(16)10(6-13(12)22-4-2)18-11-7-24(19,20)8-14(11)23-15(18)17/h5-6,11,14,17H,3-4,7-8H2,1-2H3/t11-,14-/m1/s1. The number of amidine groups is 1. The van der Waals surface area contributed by atoms with Gasteiger partial charge in [0.2, 0.25) is 0 Å². The summed E-state index contributed by atoms with van der Waals surface area (Å²) in [5.74, 6) is 1.44. The summed E-state index contributed by atoms with van der Waals surface area (Å²) in [6.07, 6.45) is 0. The summed E-state index contributed by atoms with van der Waals surface area (Å²) in [6, 6.07) is 3.43. The lowest BCUT2D eigenvalue weighted by molar-refractivity contribution is 0.287. The van der Waals surface area contributed by atoms with Gasteiger partial charge in [-0.15, -0.1) is 0 Å². The molecule has 2 heterocycles. The zero-order valence-electron chi connectivity index (χ0n) is 13.4. The second-order valence-electron chi connectivity index (χ2n) is 5.59. The fraction of sp³-hybridized carbons (Fsp3) is 0.533. The Hall–Kier alpha value is -0.930. The van der Waals surface area contributed by atoms with Crippen molar-refractivity contribution in [2.45, 2.75) is 25.1 Å². The summed E-state index contributed by atoms with van der Waals surface area (Å²) in [6.45, 7) is 4.81. The van der Waals surface area contributed by atoms with Gasteiger partial charge in [-0.1, -0.05) is 11.8 Å². The number of fused-ring (bicyclic) bond motifs is 1. The van der Waals surface area contributed by atoms with Crippen LogP contribution in [0.5, 0.6) is 11.5 Å². The molecule has 2 aliphatic rings. The van der Waals surface area contributed by atoms with E-state index in [0.29, 0.717) is 29.9 Å². The van der Waals surface area contributed by atoms with Crippen molar-refractivity contribution in [2.24, 2.45) is 0 Å². The second-order valence-corrected chi connectivity index (χ2v) is 9.83. The first-order chi connectivity index (χ1) is 11.4. The summed E-state index contributed by atoms with van der Waals surface area (Å²) in [4.78, 5) is 1.79. The van der Waals surface area contributed by atoms with E-state index in [-0.39, 0.29) is 22.8 Å². The maximum atomic E-state index is 12.0. The van der Waals surface area contributed by atoms with Gasteiger partial charge in [-0.05, 0) is 29.8 Å². The predicted molar refractivity (Wildman–Crippen MR) is 101 cm³/mol. The topological polar surface area (TPSA) is 79.7 Å². The van der Waals surface area contributed by atoms with E-state index in [1.807, 2.05) is 26.0 Å². The van der Waals surface area contributed by atoms with E-state index in [1.54, 1.807) is 4.90 Å². The van der Waals surface area contributed by atoms with E-state index in [2.05, 4.69) is 15.9 Å². The van der Waals surface area contributed by atoms with Crippen LogP contribution >= 0.6 is 27.7 Å². The first-order valence-electron chi connectivity index (χ1n) is 7.70. The number of rotatable bonds is 5. The highest BCUT2D eigenvalue weighted by molar-refractivity contribution is 9.10. The minimum Gasteiger partial charge on any atom is -0.490 e. The third-order valence-electron chi connectivity index (χ3n) is 3.96. The molecule has 1 aromatic rings. The summed E-state index contributed by atoms with van der Waals surface area (Å²) in [5, 5.41) is 8.56. The monoisotopic (exact) mass is 434 g/mol. The Kier molecular flexibility index (Phi) is 5.04. The van der Waals surface area contributed by atoms with Crippen LogP contribution in [0.4, 0.5) is 5.69 Å². The molecule has 132 valence electrons. The zero-order chi connectivity index (χ0) is 17.5. The highest BCUT2D eigenvalue weighted by atomic mass is 79.9. The molecule has 2 aliphatic heterocycles. The quantitative estimate of drug-likeness (QED) is 0.766. The number of halogens is 1. The molecule has 9 heteroatoms. The minimum atomic E-state index is -3.05. The number of nitrogens with one attached hydrogen (secondary N) is 1. The number of benzene rings is 1. The molecule has 1 aromatic carbocycles. The molecule has 0 aliphatic carbocycles. The average molecular weight is 435 g/mol. The van der Waals surface area contributed by atoms with Gasteiger partial charge in [-0.3, -0.25) is 5.41 Å². The van der Waals surface area contributed by atoms with Gasteiger partial charge >= 0.3 is 0 Å². The first-order valence-corrected chi connectivity index (χ1v) is 11.2. The molecule has 3 rings (SSSR count). The van der Waals surface area contributed by atoms with Crippen molar-refractivity contribution in [3.63, 3.8) is 0 Å². The third-order valence-corrected chi connectivity index (χ3v) is 7.72. The van der Waals surface area contributed by atoms with Gasteiger partial charge < -0.3 is 14.4 Å². The van der Waals surface area contributed by atoms with Crippen molar-refractivity contribution in [1.29, 1.82) is 5.41 Å². The fourth-order valence-corrected chi connectivity index (χ4v) is 7.33. The molecule has 2 fully saturated rings. The largest absolute Gasteiger partial charge is 0.490 e. The Morgan fingerprint density at radius 3 is 2.50 bits per heavy atom. The molecule has 0 spiro atoms. The minimum absolute atomic E-state index is 0.0800. The molecular weight excluding hydrogens is 416 g/mol. The molecule has 2 atom stereocenters. The molecule has 0 amide bonds. The smallest absolute Gasteiger partial charge is 0.163 e. The lowest BCUT2D eigenvalue weighted by Gasteiger charge is -2.26. The second kappa shape index (κ2) is 6.76. The Morgan fingerprint density at radius 2 is 1.88 bits per heavy atom. The van der Waals surface area contributed by atoms with E-state index in [4.69, 9.17) is 14.9 Å². The predicted octanol–water partition coefficient (Wildman–Crippen LogP) is 2.90. The maximum absolute atomic E-state index is 12.0. The van der Waals surface area contributed by atoms with Crippen LogP contribution in [0.3, 0.4) is 0 Å². The Balaban J connectivity index is 2.01. The van der Waals surface area contributed by atoms with Crippen molar-refractivity contribution >= 4 is 48.4 Å². The van der Waals surface area contributed by atoms with Gasteiger partial charge in [0.05, 0.1) is 36.4 Å². The summed E-state index contributed by atoms with van der Waals surface area (Å²) >= 11 is 4.85. The number of nitrogens with zero attached hydrogens (tertiary/aromatic N) is 1. The van der Waals surface area contributed by atoms with E-state index in [9.17, 15) is 8.42 Å². The van der Waals surface area contributed by atoms with Crippen LogP contribution in [0.25, 0.3) is 0 Å². The molecule has 0 unspecified atom stereocenters. The van der Waals surface area contributed by atoms with Crippen LogP contribution in [0, 0.1) is 5.41 Å². The molecule has 6 nitrogen and oxygen atoms in total. The highest BCUT2D eigenvalue weighted by Gasteiger charge is 2.49. The van der Waals surface area contributed by atoms with Crippen LogP contribution in [-0.4, -0.2) is 49.6 Å². The first kappa shape index (κ1) is 17.9. The van der Waals surface area contributed by atoms with Gasteiger partial charge in [0.1, 0.15) is 0 Å². The van der Waals surface area contributed by atoms with Crippen LogP contribution in [0.15, 0.2) is 16.6 Å². The maximum Gasteiger partial charge on any atom is 0.163 e. The molecule has 0 aromatic heterocycles. The van der Waals surface area contributed by atoms with Gasteiger partial charge in [-0.2, -0.15) is 0 Å². The van der Waals surface area contributed by atoms with Crippen LogP contribution in [-0.2, 0) is 9.84 Å². The molecular formula is C15H19BrN2O4S2. The molecule has 0 radical (unpaired) electrons. The van der Waals surface area contributed by atoms with Gasteiger partial charge in [0.15, 0.2) is 26.5 Å². The van der Waals surface area contributed by atoms with E-state index in [0.717, 1.165) is 10.2 Å². The molecule has 1 N–H and O–H groups in total. The number of thioether (sulfide) groups is 1. The van der Waals surface area contributed by atoms with Crippen molar-refractivity contribution in [1.82, 2.24) is 0 Å². The Morgan fingerprint density at radius 1 is 1.25 bits per heavy atom. The molecule has 24 heavy (non-hydrogen) atoms. The Bertz CT molecular complexity index is 769. The average Bonchev–Trinajstić information content (AvgIpc) is 2.93. The van der Waals surface area contributed by atoms with Crippen LogP contribution < -0.4 is 14.4 Å². The molecule has 0 bridgehead atoms. The number of anilines is 1. The van der Waals surface area contributed by atoms with Gasteiger partial charge in [-0.25, -0.2) is 8.42 Å². The normalized spacial score (nSPS) is 25.0. The number of hydrogen-bond acceptors (Lipinski definition) is 6. The van der Waals surface area contributed by atoms with Crippen LogP contribution in [0.2, 0.25) is 0 Å². The Labute approximate surface area is 154 Å². The third kappa shape index (κ3) is 3.25. The number of hydrogen-bond donors (Lipinski definition) is 1. The van der Waals surface area contributed by atoms with E-state index in [1.165, 1.54) is 11.8 Å². The van der Waals surface area contributed by atoms with Crippen molar-refractivity contribution in [3.05, 3.63) is 16.6 Å². The zero-order valence-corrected chi connectivity index (χ0v) is 16.6. The summed E-state index contributed by atoms with van der Waals surface area (Å²) in [7, 11) is -3.05. The summed E-state index contributed by atoms with van der Waals surface area (Å²) in [5.41, 5.74) is 0.740. The van der Waals surface area contributed by atoms with E-state index >= 15 is 0 Å². The van der Waals surface area contributed by atoms with Gasteiger partial charge in [0, 0.05) is 21.9 Å². The number of ether oxygens (including phenoxy) is 2. The highest BCUT2D eigenvalue weighted by Crippen LogP contribution is 2.45. The lowest BCUT2D eigenvalue weighted by Crippen LogP contribution is -2.37. The van der Waals surface area contributed by atoms with Gasteiger partial charge in [0.25, 0.3) is 0 Å².